The molecule has 39 heavy (non-hydrogen) atoms. The van der Waals surface area contributed by atoms with Crippen molar-refractivity contribution < 1.29 is 4.79 Å². The first-order chi connectivity index (χ1) is 19.0. The Hall–Kier alpha value is -4.50. The summed E-state index contributed by atoms with van der Waals surface area (Å²) in [5, 5.41) is 4.39. The van der Waals surface area contributed by atoms with Crippen molar-refractivity contribution >= 4 is 40.0 Å². The van der Waals surface area contributed by atoms with Gasteiger partial charge in [0.2, 0.25) is 5.91 Å². The maximum atomic E-state index is 13.5. The zero-order valence-electron chi connectivity index (χ0n) is 21.1. The van der Waals surface area contributed by atoms with Crippen molar-refractivity contribution in [3.8, 4) is 11.3 Å². The molecule has 3 aromatic heterocycles. The van der Waals surface area contributed by atoms with Crippen LogP contribution in [0.5, 0.6) is 0 Å². The van der Waals surface area contributed by atoms with E-state index >= 15 is 0 Å². The van der Waals surface area contributed by atoms with Crippen LogP contribution in [-0.2, 0) is 24.1 Å². The van der Waals surface area contributed by atoms with Gasteiger partial charge in [-0.15, -0.1) is 0 Å². The number of H-pyrrole nitrogens is 1. The van der Waals surface area contributed by atoms with E-state index in [0.717, 1.165) is 34.1 Å². The van der Waals surface area contributed by atoms with Gasteiger partial charge in [-0.2, -0.15) is 0 Å². The van der Waals surface area contributed by atoms with E-state index in [4.69, 9.17) is 28.1 Å². The summed E-state index contributed by atoms with van der Waals surface area (Å²) in [5.74, 6) is 1.35. The normalized spacial score (nSPS) is 15.6. The number of imidazole rings is 1. The lowest BCUT2D eigenvalue weighted by molar-refractivity contribution is -0.126. The van der Waals surface area contributed by atoms with Crippen molar-refractivity contribution in [3.63, 3.8) is 0 Å². The predicted octanol–water partition coefficient (Wildman–Crippen LogP) is 4.44. The van der Waals surface area contributed by atoms with E-state index in [9.17, 15) is 4.79 Å². The van der Waals surface area contributed by atoms with Gasteiger partial charge in [-0.05, 0) is 60.6 Å². The SMILES string of the molecule is Nc1nccc2c1CC[C@H](C(=O)NC(Cc1ccccc1)c1nc(-c3ccc4c(N)ncnc4c3)c(Cl)[nH]1)C2. The largest absolute Gasteiger partial charge is 0.383 e. The van der Waals surface area contributed by atoms with Crippen LogP contribution in [0.2, 0.25) is 5.15 Å². The minimum atomic E-state index is -0.409. The van der Waals surface area contributed by atoms with Crippen LogP contribution in [0.15, 0.2) is 67.1 Å². The van der Waals surface area contributed by atoms with Crippen molar-refractivity contribution in [1.82, 2.24) is 30.2 Å². The summed E-state index contributed by atoms with van der Waals surface area (Å²) < 4.78 is 0. The first-order valence-corrected chi connectivity index (χ1v) is 13.2. The monoisotopic (exact) mass is 538 g/mol. The second-order valence-electron chi connectivity index (χ2n) is 9.80. The van der Waals surface area contributed by atoms with Gasteiger partial charge >= 0.3 is 0 Å². The molecule has 10 heteroatoms. The van der Waals surface area contributed by atoms with Crippen LogP contribution in [0.1, 0.15) is 35.0 Å². The van der Waals surface area contributed by atoms with Gasteiger partial charge in [0, 0.05) is 23.1 Å². The highest BCUT2D eigenvalue weighted by atomic mass is 35.5. The number of fused-ring (bicyclic) bond motifs is 2. The number of nitrogens with two attached hydrogens (primary N) is 2. The zero-order chi connectivity index (χ0) is 26.9. The second kappa shape index (κ2) is 10.3. The predicted molar refractivity (Wildman–Crippen MR) is 152 cm³/mol. The van der Waals surface area contributed by atoms with Gasteiger partial charge in [0.1, 0.15) is 34.6 Å². The molecule has 0 spiro atoms. The molecule has 0 saturated carbocycles. The summed E-state index contributed by atoms with van der Waals surface area (Å²) in [7, 11) is 0. The number of aromatic nitrogens is 5. The smallest absolute Gasteiger partial charge is 0.224 e. The molecule has 0 radical (unpaired) electrons. The number of benzene rings is 2. The summed E-state index contributed by atoms with van der Waals surface area (Å²) in [6.07, 6.45) is 5.74. The number of nitrogen functional groups attached to an aromatic ring is 2. The maximum Gasteiger partial charge on any atom is 0.224 e. The highest BCUT2D eigenvalue weighted by Gasteiger charge is 2.29. The Labute approximate surface area is 230 Å². The number of anilines is 2. The molecule has 6 N–H and O–H groups in total. The van der Waals surface area contributed by atoms with Crippen LogP contribution in [0.4, 0.5) is 11.6 Å². The molecular weight excluding hydrogens is 512 g/mol. The lowest BCUT2D eigenvalue weighted by Gasteiger charge is -2.26. The van der Waals surface area contributed by atoms with Crippen molar-refractivity contribution in [3.05, 3.63) is 94.8 Å². The van der Waals surface area contributed by atoms with Crippen LogP contribution in [-0.4, -0.2) is 30.8 Å². The van der Waals surface area contributed by atoms with Gasteiger partial charge in [-0.1, -0.05) is 48.0 Å². The number of carbonyl (C=O) groups excluding carboxylic acids is 1. The first-order valence-electron chi connectivity index (χ1n) is 12.8. The van der Waals surface area contributed by atoms with Gasteiger partial charge in [0.25, 0.3) is 0 Å². The average molecular weight is 539 g/mol. The zero-order valence-corrected chi connectivity index (χ0v) is 21.8. The van der Waals surface area contributed by atoms with Crippen molar-refractivity contribution in [1.29, 1.82) is 0 Å². The number of hydrogen-bond donors (Lipinski definition) is 4. The minimum absolute atomic E-state index is 0.0242. The molecule has 196 valence electrons. The Kier molecular flexibility index (Phi) is 6.58. The lowest BCUT2D eigenvalue weighted by atomic mass is 9.83. The average Bonchev–Trinajstić information content (AvgIpc) is 3.34. The molecule has 9 nitrogen and oxygen atoms in total. The van der Waals surface area contributed by atoms with Crippen LogP contribution in [0, 0.1) is 5.92 Å². The summed E-state index contributed by atoms with van der Waals surface area (Å²) in [5.41, 5.74) is 17.3. The number of hydrogen-bond acceptors (Lipinski definition) is 7. The molecule has 2 aromatic carbocycles. The van der Waals surface area contributed by atoms with Crippen molar-refractivity contribution in [2.75, 3.05) is 11.5 Å². The molecule has 5 aromatic rings. The second-order valence-corrected chi connectivity index (χ2v) is 10.2. The van der Waals surface area contributed by atoms with E-state index in [1.165, 1.54) is 6.33 Å². The molecule has 1 unspecified atom stereocenters. The Balaban J connectivity index is 1.29. The van der Waals surface area contributed by atoms with Crippen LogP contribution in [0.3, 0.4) is 0 Å². The van der Waals surface area contributed by atoms with Gasteiger partial charge in [0.05, 0.1) is 11.6 Å². The van der Waals surface area contributed by atoms with Crippen LogP contribution < -0.4 is 16.8 Å². The van der Waals surface area contributed by atoms with Crippen molar-refractivity contribution in [2.45, 2.75) is 31.7 Å². The molecule has 1 aliphatic rings. The van der Waals surface area contributed by atoms with Crippen LogP contribution in [0.25, 0.3) is 22.2 Å². The highest BCUT2D eigenvalue weighted by molar-refractivity contribution is 6.32. The summed E-state index contributed by atoms with van der Waals surface area (Å²) in [4.78, 5) is 34.2. The summed E-state index contributed by atoms with van der Waals surface area (Å²) in [6.45, 7) is 0. The van der Waals surface area contributed by atoms with Gasteiger partial charge in [-0.25, -0.2) is 19.9 Å². The molecule has 0 fully saturated rings. The van der Waals surface area contributed by atoms with Gasteiger partial charge in [0.15, 0.2) is 0 Å². The number of aromatic amines is 1. The Morgan fingerprint density at radius 1 is 1.08 bits per heavy atom. The third-order valence-corrected chi connectivity index (χ3v) is 7.59. The van der Waals surface area contributed by atoms with Crippen molar-refractivity contribution in [2.24, 2.45) is 5.92 Å². The quantitative estimate of drug-likeness (QED) is 0.250. The molecular formula is C29H27ClN8O. The third kappa shape index (κ3) is 5.00. The van der Waals surface area contributed by atoms with E-state index in [2.05, 4.69) is 25.3 Å². The van der Waals surface area contributed by atoms with E-state index in [0.29, 0.717) is 53.1 Å². The van der Waals surface area contributed by atoms with Gasteiger partial charge in [-0.3, -0.25) is 4.79 Å². The third-order valence-electron chi connectivity index (χ3n) is 7.31. The Morgan fingerprint density at radius 2 is 1.92 bits per heavy atom. The Morgan fingerprint density at radius 3 is 2.77 bits per heavy atom. The van der Waals surface area contributed by atoms with E-state index in [1.807, 2.05) is 54.6 Å². The summed E-state index contributed by atoms with van der Waals surface area (Å²) in [6, 6.07) is 17.2. The first kappa shape index (κ1) is 24.8. The Bertz CT molecular complexity index is 1670. The number of nitrogens with zero attached hydrogens (tertiary/aromatic N) is 4. The maximum absolute atomic E-state index is 13.5. The molecule has 0 aliphatic heterocycles. The standard InChI is InChI=1S/C29H27ClN8O/c30-25-24(18-6-9-21-22(14-18)34-15-35-27(21)32)37-28(38-25)23(12-16-4-2-1-3-5-16)36-29(39)19-7-8-20-17(13-19)10-11-33-26(20)31/h1-6,9-11,14-15,19,23H,7-8,12-13H2,(H2,31,33)(H,36,39)(H,37,38)(H2,32,34,35)/t19-,23?/m0/s1. The van der Waals surface area contributed by atoms with Crippen LogP contribution >= 0.6 is 11.6 Å². The van der Waals surface area contributed by atoms with E-state index < -0.39 is 6.04 Å². The number of pyridine rings is 1. The fourth-order valence-corrected chi connectivity index (χ4v) is 5.49. The molecule has 0 bridgehead atoms. The molecule has 2 atom stereocenters. The molecule has 3 heterocycles. The minimum Gasteiger partial charge on any atom is -0.383 e. The topological polar surface area (TPSA) is 148 Å². The molecule has 1 amide bonds. The number of rotatable bonds is 6. The number of nitrogens with one attached hydrogen (secondary N) is 2. The molecule has 6 rings (SSSR count). The number of carbonyl (C=O) groups is 1. The van der Waals surface area contributed by atoms with E-state index in [-0.39, 0.29) is 11.8 Å². The molecule has 0 saturated heterocycles. The van der Waals surface area contributed by atoms with E-state index in [1.54, 1.807) is 6.20 Å². The number of amides is 1. The lowest BCUT2D eigenvalue weighted by Crippen LogP contribution is -2.38. The summed E-state index contributed by atoms with van der Waals surface area (Å²) >= 11 is 6.66. The fourth-order valence-electron chi connectivity index (χ4n) is 5.25. The number of halogens is 1. The highest BCUT2D eigenvalue weighted by Crippen LogP contribution is 2.32. The molecule has 1 aliphatic carbocycles. The van der Waals surface area contributed by atoms with Gasteiger partial charge < -0.3 is 21.8 Å². The fraction of sp³-hybridized carbons (Fsp3) is 0.207.